The second kappa shape index (κ2) is 3.43. The Morgan fingerprint density at radius 2 is 1.87 bits per heavy atom. The van der Waals surface area contributed by atoms with Crippen molar-refractivity contribution in [1.29, 1.82) is 5.26 Å². The van der Waals surface area contributed by atoms with Crippen LogP contribution in [0.5, 0.6) is 0 Å². The molecule has 72 valence electrons. The van der Waals surface area contributed by atoms with Gasteiger partial charge in [-0.15, -0.1) is 0 Å². The average molecular weight is 197 g/mol. The second-order valence-corrected chi connectivity index (χ2v) is 3.19. The summed E-state index contributed by atoms with van der Waals surface area (Å²) in [6.45, 7) is 0. The fraction of sp³-hybridized carbons (Fsp3) is 0. The van der Waals surface area contributed by atoms with Crippen molar-refractivity contribution < 1.29 is 9.90 Å². The first-order chi connectivity index (χ1) is 7.20. The van der Waals surface area contributed by atoms with Crippen molar-refractivity contribution in [3.05, 3.63) is 47.5 Å². The first-order valence-electron chi connectivity index (χ1n) is 4.38. The summed E-state index contributed by atoms with van der Waals surface area (Å²) in [7, 11) is 0. The van der Waals surface area contributed by atoms with Crippen molar-refractivity contribution in [3.8, 4) is 6.07 Å². The molecule has 0 spiro atoms. The van der Waals surface area contributed by atoms with Gasteiger partial charge in [0.15, 0.2) is 0 Å². The summed E-state index contributed by atoms with van der Waals surface area (Å²) in [6, 6.07) is 12.1. The Morgan fingerprint density at radius 3 is 2.53 bits per heavy atom. The highest BCUT2D eigenvalue weighted by molar-refractivity contribution is 5.94. The maximum absolute atomic E-state index is 10.7. The fourth-order valence-electron chi connectivity index (χ4n) is 1.45. The minimum atomic E-state index is -0.959. The zero-order valence-electron chi connectivity index (χ0n) is 7.77. The number of carboxylic acids is 1. The molecular formula is C12H7NO2. The van der Waals surface area contributed by atoms with Gasteiger partial charge in [-0.05, 0) is 35.0 Å². The van der Waals surface area contributed by atoms with Gasteiger partial charge in [0.25, 0.3) is 0 Å². The van der Waals surface area contributed by atoms with Crippen molar-refractivity contribution in [3.63, 3.8) is 0 Å². The molecule has 0 aromatic heterocycles. The predicted molar refractivity (Wildman–Crippen MR) is 55.6 cm³/mol. The van der Waals surface area contributed by atoms with Gasteiger partial charge in [0, 0.05) is 0 Å². The van der Waals surface area contributed by atoms with E-state index >= 15 is 0 Å². The first kappa shape index (κ1) is 9.22. The van der Waals surface area contributed by atoms with E-state index in [4.69, 9.17) is 10.4 Å². The van der Waals surface area contributed by atoms with Crippen LogP contribution in [0.15, 0.2) is 36.4 Å². The van der Waals surface area contributed by atoms with Gasteiger partial charge in [-0.2, -0.15) is 5.26 Å². The van der Waals surface area contributed by atoms with Crippen LogP contribution in [0, 0.1) is 11.3 Å². The number of hydrogen-bond acceptors (Lipinski definition) is 2. The molecule has 0 unspecified atom stereocenters. The molecule has 3 heteroatoms. The average Bonchev–Trinajstić information content (AvgIpc) is 2.27. The van der Waals surface area contributed by atoms with Crippen LogP contribution in [0.4, 0.5) is 0 Å². The van der Waals surface area contributed by atoms with E-state index in [0.717, 1.165) is 10.8 Å². The number of rotatable bonds is 1. The molecular weight excluding hydrogens is 190 g/mol. The standard InChI is InChI=1S/C12H7NO2/c13-7-8-1-2-9-3-4-10(12(14)15)6-11(9)5-8/h1-6H,(H,14,15). The van der Waals surface area contributed by atoms with Crippen molar-refractivity contribution in [2.75, 3.05) is 0 Å². The maximum Gasteiger partial charge on any atom is 0.335 e. The van der Waals surface area contributed by atoms with Crippen molar-refractivity contribution in [2.45, 2.75) is 0 Å². The molecule has 0 amide bonds. The number of hydrogen-bond donors (Lipinski definition) is 1. The number of nitriles is 1. The summed E-state index contributed by atoms with van der Waals surface area (Å²) in [5.41, 5.74) is 0.766. The number of nitrogens with zero attached hydrogens (tertiary/aromatic N) is 1. The number of fused-ring (bicyclic) bond motifs is 1. The van der Waals surface area contributed by atoms with Gasteiger partial charge in [-0.3, -0.25) is 0 Å². The number of aromatic carboxylic acids is 1. The van der Waals surface area contributed by atoms with E-state index in [2.05, 4.69) is 0 Å². The highest BCUT2D eigenvalue weighted by atomic mass is 16.4. The van der Waals surface area contributed by atoms with E-state index in [1.165, 1.54) is 0 Å². The predicted octanol–water partition coefficient (Wildman–Crippen LogP) is 2.41. The molecule has 0 atom stereocenters. The molecule has 0 radical (unpaired) electrons. The smallest absolute Gasteiger partial charge is 0.335 e. The van der Waals surface area contributed by atoms with Crippen LogP contribution in [0.2, 0.25) is 0 Å². The van der Waals surface area contributed by atoms with E-state index in [9.17, 15) is 4.79 Å². The minimum absolute atomic E-state index is 0.234. The van der Waals surface area contributed by atoms with Gasteiger partial charge >= 0.3 is 5.97 Å². The zero-order chi connectivity index (χ0) is 10.8. The number of benzene rings is 2. The molecule has 0 bridgehead atoms. The Morgan fingerprint density at radius 1 is 1.13 bits per heavy atom. The number of carbonyl (C=O) groups is 1. The third kappa shape index (κ3) is 1.65. The van der Waals surface area contributed by atoms with Gasteiger partial charge < -0.3 is 5.11 Å². The van der Waals surface area contributed by atoms with Gasteiger partial charge in [0.05, 0.1) is 17.2 Å². The van der Waals surface area contributed by atoms with Gasteiger partial charge in [0.2, 0.25) is 0 Å². The van der Waals surface area contributed by atoms with Gasteiger partial charge in [0.1, 0.15) is 0 Å². The summed E-state index contributed by atoms with van der Waals surface area (Å²) >= 11 is 0. The van der Waals surface area contributed by atoms with Crippen molar-refractivity contribution in [1.82, 2.24) is 0 Å². The van der Waals surface area contributed by atoms with Crippen LogP contribution in [0.25, 0.3) is 10.8 Å². The molecule has 1 N–H and O–H groups in total. The quantitative estimate of drug-likeness (QED) is 0.763. The van der Waals surface area contributed by atoms with E-state index in [0.29, 0.717) is 5.56 Å². The molecule has 0 aliphatic rings. The Labute approximate surface area is 86.2 Å². The lowest BCUT2D eigenvalue weighted by Gasteiger charge is -1.99. The normalized spacial score (nSPS) is 9.80. The molecule has 3 nitrogen and oxygen atoms in total. The molecule has 15 heavy (non-hydrogen) atoms. The Kier molecular flexibility index (Phi) is 2.11. The lowest BCUT2D eigenvalue weighted by molar-refractivity contribution is 0.0697. The molecule has 0 fully saturated rings. The van der Waals surface area contributed by atoms with Crippen molar-refractivity contribution >= 4 is 16.7 Å². The summed E-state index contributed by atoms with van der Waals surface area (Å²) in [5.74, 6) is -0.959. The van der Waals surface area contributed by atoms with Gasteiger partial charge in [-0.25, -0.2) is 4.79 Å². The maximum atomic E-state index is 10.7. The molecule has 2 rings (SSSR count). The summed E-state index contributed by atoms with van der Waals surface area (Å²) < 4.78 is 0. The molecule has 2 aromatic carbocycles. The first-order valence-corrected chi connectivity index (χ1v) is 4.38. The van der Waals surface area contributed by atoms with E-state index in [-0.39, 0.29) is 5.56 Å². The summed E-state index contributed by atoms with van der Waals surface area (Å²) in [5, 5.41) is 19.2. The van der Waals surface area contributed by atoms with E-state index in [1.807, 2.05) is 6.07 Å². The third-order valence-electron chi connectivity index (χ3n) is 2.22. The third-order valence-corrected chi connectivity index (χ3v) is 2.22. The van der Waals surface area contributed by atoms with Crippen LogP contribution in [-0.2, 0) is 0 Å². The lowest BCUT2D eigenvalue weighted by Crippen LogP contribution is -1.95. The largest absolute Gasteiger partial charge is 0.478 e. The molecule has 0 heterocycles. The SMILES string of the molecule is N#Cc1ccc2ccc(C(=O)O)cc2c1. The molecule has 2 aromatic rings. The second-order valence-electron chi connectivity index (χ2n) is 3.19. The molecule has 0 saturated heterocycles. The lowest BCUT2D eigenvalue weighted by atomic mass is 10.0. The van der Waals surface area contributed by atoms with E-state index < -0.39 is 5.97 Å². The highest BCUT2D eigenvalue weighted by Crippen LogP contribution is 2.17. The molecule has 0 saturated carbocycles. The topological polar surface area (TPSA) is 61.1 Å². The van der Waals surface area contributed by atoms with E-state index in [1.54, 1.807) is 36.4 Å². The Balaban J connectivity index is 2.69. The molecule has 0 aliphatic heterocycles. The molecule has 0 aliphatic carbocycles. The summed E-state index contributed by atoms with van der Waals surface area (Å²) in [4.78, 5) is 10.7. The van der Waals surface area contributed by atoms with Crippen LogP contribution in [0.1, 0.15) is 15.9 Å². The highest BCUT2D eigenvalue weighted by Gasteiger charge is 2.03. The number of carboxylic acid groups (broad SMARTS) is 1. The minimum Gasteiger partial charge on any atom is -0.478 e. The Bertz CT molecular complexity index is 582. The van der Waals surface area contributed by atoms with Crippen LogP contribution < -0.4 is 0 Å². The van der Waals surface area contributed by atoms with Crippen LogP contribution >= 0.6 is 0 Å². The summed E-state index contributed by atoms with van der Waals surface area (Å²) in [6.07, 6.45) is 0. The zero-order valence-corrected chi connectivity index (χ0v) is 7.77. The Hall–Kier alpha value is -2.34. The van der Waals surface area contributed by atoms with Crippen LogP contribution in [0.3, 0.4) is 0 Å². The van der Waals surface area contributed by atoms with Crippen LogP contribution in [-0.4, -0.2) is 11.1 Å². The van der Waals surface area contributed by atoms with Crippen molar-refractivity contribution in [2.24, 2.45) is 0 Å². The fourth-order valence-corrected chi connectivity index (χ4v) is 1.45. The monoisotopic (exact) mass is 197 g/mol. The van der Waals surface area contributed by atoms with Gasteiger partial charge in [-0.1, -0.05) is 12.1 Å².